The van der Waals surface area contributed by atoms with Gasteiger partial charge < -0.3 is 15.4 Å². The molecule has 0 aliphatic rings. The molecule has 2 rings (SSSR count). The van der Waals surface area contributed by atoms with Crippen molar-refractivity contribution >= 4 is 17.3 Å². The SMILES string of the molecule is Cc1cccc(OCCCC(=O)NCCNc2ccc([N+](=O)[O-])cc2)c1. The van der Waals surface area contributed by atoms with Crippen molar-refractivity contribution in [3.8, 4) is 5.75 Å². The lowest BCUT2D eigenvalue weighted by molar-refractivity contribution is -0.384. The fraction of sp³-hybridized carbons (Fsp3) is 0.316. The third kappa shape index (κ3) is 6.80. The van der Waals surface area contributed by atoms with Crippen LogP contribution in [0.25, 0.3) is 0 Å². The molecule has 0 saturated heterocycles. The average molecular weight is 357 g/mol. The number of carbonyl (C=O) groups is 1. The quantitative estimate of drug-likeness (QED) is 0.387. The molecule has 2 aromatic carbocycles. The highest BCUT2D eigenvalue weighted by Gasteiger charge is 2.04. The minimum absolute atomic E-state index is 0.0247. The molecule has 0 unspecified atom stereocenters. The van der Waals surface area contributed by atoms with Crippen molar-refractivity contribution in [2.24, 2.45) is 0 Å². The highest BCUT2D eigenvalue weighted by Crippen LogP contribution is 2.15. The summed E-state index contributed by atoms with van der Waals surface area (Å²) in [5.41, 5.74) is 1.97. The molecule has 7 heteroatoms. The monoisotopic (exact) mass is 357 g/mol. The molecular weight excluding hydrogens is 334 g/mol. The van der Waals surface area contributed by atoms with Crippen LogP contribution in [0, 0.1) is 17.0 Å². The number of aryl methyl sites for hydroxylation is 1. The van der Waals surface area contributed by atoms with Crippen LogP contribution >= 0.6 is 0 Å². The van der Waals surface area contributed by atoms with Crippen LogP contribution in [0.15, 0.2) is 48.5 Å². The first-order valence-electron chi connectivity index (χ1n) is 8.49. The molecule has 0 spiro atoms. The normalized spacial score (nSPS) is 10.2. The Hall–Kier alpha value is -3.09. The smallest absolute Gasteiger partial charge is 0.269 e. The number of nitro groups is 1. The van der Waals surface area contributed by atoms with E-state index in [1.54, 1.807) is 12.1 Å². The van der Waals surface area contributed by atoms with Gasteiger partial charge in [0.15, 0.2) is 0 Å². The predicted molar refractivity (Wildman–Crippen MR) is 101 cm³/mol. The molecule has 2 aromatic rings. The first-order valence-corrected chi connectivity index (χ1v) is 8.49. The van der Waals surface area contributed by atoms with Crippen LogP contribution in [0.3, 0.4) is 0 Å². The molecule has 0 aliphatic carbocycles. The van der Waals surface area contributed by atoms with Crippen molar-refractivity contribution in [1.82, 2.24) is 5.32 Å². The number of amides is 1. The van der Waals surface area contributed by atoms with Gasteiger partial charge in [-0.1, -0.05) is 12.1 Å². The van der Waals surface area contributed by atoms with Crippen LogP contribution in [-0.4, -0.2) is 30.5 Å². The van der Waals surface area contributed by atoms with Crippen LogP contribution in [0.1, 0.15) is 18.4 Å². The van der Waals surface area contributed by atoms with Gasteiger partial charge in [0.05, 0.1) is 11.5 Å². The number of nitro benzene ring substituents is 1. The van der Waals surface area contributed by atoms with E-state index in [9.17, 15) is 14.9 Å². The molecule has 0 radical (unpaired) electrons. The maximum Gasteiger partial charge on any atom is 0.269 e. The number of nitrogens with one attached hydrogen (secondary N) is 2. The van der Waals surface area contributed by atoms with Crippen LogP contribution in [-0.2, 0) is 4.79 Å². The summed E-state index contributed by atoms with van der Waals surface area (Å²) >= 11 is 0. The largest absolute Gasteiger partial charge is 0.494 e. The summed E-state index contributed by atoms with van der Waals surface area (Å²) in [5.74, 6) is 0.793. The number of hydrogen-bond acceptors (Lipinski definition) is 5. The Morgan fingerprint density at radius 1 is 1.15 bits per heavy atom. The first kappa shape index (κ1) is 19.2. The van der Waals surface area contributed by atoms with E-state index >= 15 is 0 Å². The van der Waals surface area contributed by atoms with E-state index in [1.807, 2.05) is 31.2 Å². The minimum atomic E-state index is -0.438. The number of hydrogen-bond donors (Lipinski definition) is 2. The third-order valence-corrected chi connectivity index (χ3v) is 3.66. The van der Waals surface area contributed by atoms with E-state index in [2.05, 4.69) is 10.6 Å². The minimum Gasteiger partial charge on any atom is -0.494 e. The van der Waals surface area contributed by atoms with Crippen LogP contribution in [0.5, 0.6) is 5.75 Å². The number of anilines is 1. The number of carbonyl (C=O) groups excluding carboxylic acids is 1. The first-order chi connectivity index (χ1) is 12.5. The van der Waals surface area contributed by atoms with Crippen molar-refractivity contribution in [2.75, 3.05) is 25.0 Å². The number of non-ortho nitro benzene ring substituents is 1. The fourth-order valence-corrected chi connectivity index (χ4v) is 2.33. The summed E-state index contributed by atoms with van der Waals surface area (Å²) in [5, 5.41) is 16.5. The fourth-order valence-electron chi connectivity index (χ4n) is 2.33. The predicted octanol–water partition coefficient (Wildman–Crippen LogP) is 3.29. The molecule has 0 bridgehead atoms. The topological polar surface area (TPSA) is 93.5 Å². The van der Waals surface area contributed by atoms with Gasteiger partial charge in [-0.3, -0.25) is 14.9 Å². The highest BCUT2D eigenvalue weighted by atomic mass is 16.6. The Labute approximate surface area is 152 Å². The summed E-state index contributed by atoms with van der Waals surface area (Å²) < 4.78 is 5.61. The van der Waals surface area contributed by atoms with E-state index in [4.69, 9.17) is 4.74 Å². The van der Waals surface area contributed by atoms with E-state index in [0.29, 0.717) is 32.5 Å². The zero-order valence-electron chi connectivity index (χ0n) is 14.7. The molecule has 138 valence electrons. The van der Waals surface area contributed by atoms with E-state index in [0.717, 1.165) is 17.0 Å². The molecule has 1 amide bonds. The average Bonchev–Trinajstić information content (AvgIpc) is 2.63. The molecule has 0 saturated carbocycles. The molecule has 0 atom stereocenters. The van der Waals surface area contributed by atoms with Crippen molar-refractivity contribution in [3.05, 3.63) is 64.2 Å². The second-order valence-corrected chi connectivity index (χ2v) is 5.85. The Kier molecular flexibility index (Phi) is 7.42. The lowest BCUT2D eigenvalue weighted by atomic mass is 10.2. The Bertz CT molecular complexity index is 732. The van der Waals surface area contributed by atoms with Gasteiger partial charge in [-0.25, -0.2) is 0 Å². The zero-order valence-corrected chi connectivity index (χ0v) is 14.7. The summed E-state index contributed by atoms with van der Waals surface area (Å²) in [6, 6.07) is 14.0. The van der Waals surface area contributed by atoms with Gasteiger partial charge in [-0.2, -0.15) is 0 Å². The number of benzene rings is 2. The van der Waals surface area contributed by atoms with E-state index < -0.39 is 4.92 Å². The van der Waals surface area contributed by atoms with Gasteiger partial charge in [0.1, 0.15) is 5.75 Å². The van der Waals surface area contributed by atoms with Crippen LogP contribution in [0.4, 0.5) is 11.4 Å². The molecule has 26 heavy (non-hydrogen) atoms. The molecule has 0 fully saturated rings. The molecule has 7 nitrogen and oxygen atoms in total. The maximum atomic E-state index is 11.8. The Morgan fingerprint density at radius 3 is 2.62 bits per heavy atom. The lowest BCUT2D eigenvalue weighted by Crippen LogP contribution is -2.28. The van der Waals surface area contributed by atoms with E-state index in [1.165, 1.54) is 12.1 Å². The molecule has 0 aromatic heterocycles. The molecule has 0 aliphatic heterocycles. The summed E-state index contributed by atoms with van der Waals surface area (Å²) in [7, 11) is 0. The second kappa shape index (κ2) is 10.0. The number of ether oxygens (including phenoxy) is 1. The van der Waals surface area contributed by atoms with Gasteiger partial charge in [0, 0.05) is 37.3 Å². The van der Waals surface area contributed by atoms with Gasteiger partial charge in [0.25, 0.3) is 5.69 Å². The van der Waals surface area contributed by atoms with Gasteiger partial charge in [-0.15, -0.1) is 0 Å². The summed E-state index contributed by atoms with van der Waals surface area (Å²) in [6.45, 7) is 3.53. The Balaban J connectivity index is 1.55. The maximum absolute atomic E-state index is 11.8. The standard InChI is InChI=1S/C19H23N3O4/c1-15-4-2-5-18(14-15)26-13-3-6-19(23)21-12-11-20-16-7-9-17(10-8-16)22(24)25/h2,4-5,7-10,14,20H,3,6,11-13H2,1H3,(H,21,23). The van der Waals surface area contributed by atoms with Crippen molar-refractivity contribution < 1.29 is 14.5 Å². The Morgan fingerprint density at radius 2 is 1.92 bits per heavy atom. The lowest BCUT2D eigenvalue weighted by Gasteiger charge is -2.09. The molecule has 2 N–H and O–H groups in total. The third-order valence-electron chi connectivity index (χ3n) is 3.66. The van der Waals surface area contributed by atoms with Gasteiger partial charge in [-0.05, 0) is 43.2 Å². The van der Waals surface area contributed by atoms with Crippen LogP contribution in [0.2, 0.25) is 0 Å². The molecule has 0 heterocycles. The summed E-state index contributed by atoms with van der Waals surface area (Å²) in [4.78, 5) is 21.9. The second-order valence-electron chi connectivity index (χ2n) is 5.85. The van der Waals surface area contributed by atoms with Crippen molar-refractivity contribution in [3.63, 3.8) is 0 Å². The van der Waals surface area contributed by atoms with E-state index in [-0.39, 0.29) is 11.6 Å². The van der Waals surface area contributed by atoms with Crippen molar-refractivity contribution in [1.29, 1.82) is 0 Å². The van der Waals surface area contributed by atoms with Crippen LogP contribution < -0.4 is 15.4 Å². The zero-order chi connectivity index (χ0) is 18.8. The summed E-state index contributed by atoms with van der Waals surface area (Å²) in [6.07, 6.45) is 1.05. The van der Waals surface area contributed by atoms with Gasteiger partial charge >= 0.3 is 0 Å². The van der Waals surface area contributed by atoms with Gasteiger partial charge in [0.2, 0.25) is 5.91 Å². The molecular formula is C19H23N3O4. The number of nitrogens with zero attached hydrogens (tertiary/aromatic N) is 1. The van der Waals surface area contributed by atoms with Crippen molar-refractivity contribution in [2.45, 2.75) is 19.8 Å². The highest BCUT2D eigenvalue weighted by molar-refractivity contribution is 5.75. The number of rotatable bonds is 10.